The van der Waals surface area contributed by atoms with Gasteiger partial charge in [0, 0.05) is 18.3 Å². The third-order valence-corrected chi connectivity index (χ3v) is 6.41. The number of hydrogen-bond donors (Lipinski definition) is 1. The summed E-state index contributed by atoms with van der Waals surface area (Å²) in [4.78, 5) is 2.46. The minimum Gasteiger partial charge on any atom is -0.320 e. The molecule has 1 aliphatic heterocycles. The molecule has 3 heterocycles. The Labute approximate surface area is 185 Å². The molecule has 4 aromatic rings. The monoisotopic (exact) mass is 433 g/mol. The molecular formula is C25H25F2N5. The van der Waals surface area contributed by atoms with Crippen LogP contribution >= 0.6 is 0 Å². The largest absolute Gasteiger partial charge is 0.320 e. The SMILES string of the molecule is NC(c1ccc(CN2CCC(c3cnn4ncccc34)CC2)cc1)c1ccc(F)c(F)c1. The van der Waals surface area contributed by atoms with Crippen LogP contribution in [0.15, 0.2) is 67.0 Å². The molecule has 0 saturated carbocycles. The van der Waals surface area contributed by atoms with E-state index in [1.807, 2.05) is 24.4 Å². The first kappa shape index (κ1) is 20.7. The second-order valence-corrected chi connectivity index (χ2v) is 8.44. The molecule has 2 aromatic carbocycles. The van der Waals surface area contributed by atoms with Crippen molar-refractivity contribution in [3.05, 3.63) is 101 Å². The molecule has 5 nitrogen and oxygen atoms in total. The van der Waals surface area contributed by atoms with Gasteiger partial charge in [-0.1, -0.05) is 30.3 Å². The van der Waals surface area contributed by atoms with Crippen LogP contribution in [0.2, 0.25) is 0 Å². The van der Waals surface area contributed by atoms with Crippen LogP contribution in [0.5, 0.6) is 0 Å². The predicted molar refractivity (Wildman–Crippen MR) is 119 cm³/mol. The highest BCUT2D eigenvalue weighted by atomic mass is 19.2. The molecule has 0 aliphatic carbocycles. The van der Waals surface area contributed by atoms with Crippen LogP contribution in [0, 0.1) is 11.6 Å². The van der Waals surface area contributed by atoms with Crippen LogP contribution in [0.25, 0.3) is 5.52 Å². The van der Waals surface area contributed by atoms with E-state index >= 15 is 0 Å². The molecule has 2 N–H and O–H groups in total. The number of piperidine rings is 1. The van der Waals surface area contributed by atoms with E-state index in [1.54, 1.807) is 10.8 Å². The number of fused-ring (bicyclic) bond motifs is 1. The van der Waals surface area contributed by atoms with Crippen molar-refractivity contribution in [3.8, 4) is 0 Å². The molecule has 0 spiro atoms. The summed E-state index contributed by atoms with van der Waals surface area (Å²) in [5, 5.41) is 8.64. The maximum atomic E-state index is 13.5. The number of rotatable bonds is 5. The number of aromatic nitrogens is 3. The summed E-state index contributed by atoms with van der Waals surface area (Å²) in [6, 6.07) is 15.4. The number of benzene rings is 2. The Morgan fingerprint density at radius 1 is 0.938 bits per heavy atom. The van der Waals surface area contributed by atoms with Gasteiger partial charge in [-0.3, -0.25) is 4.90 Å². The first-order valence-electron chi connectivity index (χ1n) is 10.9. The van der Waals surface area contributed by atoms with Crippen molar-refractivity contribution < 1.29 is 8.78 Å². The van der Waals surface area contributed by atoms with Crippen LogP contribution < -0.4 is 5.73 Å². The highest BCUT2D eigenvalue weighted by molar-refractivity contribution is 5.54. The summed E-state index contributed by atoms with van der Waals surface area (Å²) in [7, 11) is 0. The lowest BCUT2D eigenvalue weighted by atomic mass is 9.90. The lowest BCUT2D eigenvalue weighted by Crippen LogP contribution is -2.32. The molecule has 0 radical (unpaired) electrons. The molecule has 164 valence electrons. The Hall–Kier alpha value is -3.16. The molecule has 1 aliphatic rings. The number of halogens is 2. The van der Waals surface area contributed by atoms with Crippen molar-refractivity contribution in [3.63, 3.8) is 0 Å². The van der Waals surface area contributed by atoms with Crippen LogP contribution in [0.4, 0.5) is 8.78 Å². The summed E-state index contributed by atoms with van der Waals surface area (Å²) >= 11 is 0. The Morgan fingerprint density at radius 2 is 1.69 bits per heavy atom. The van der Waals surface area contributed by atoms with Gasteiger partial charge in [0.15, 0.2) is 11.6 Å². The van der Waals surface area contributed by atoms with Gasteiger partial charge in [0.2, 0.25) is 0 Å². The van der Waals surface area contributed by atoms with Gasteiger partial charge in [0.25, 0.3) is 0 Å². The molecule has 1 saturated heterocycles. The van der Waals surface area contributed by atoms with E-state index in [2.05, 4.69) is 33.3 Å². The van der Waals surface area contributed by atoms with Crippen molar-refractivity contribution in [1.82, 2.24) is 19.7 Å². The second kappa shape index (κ2) is 8.76. The molecule has 5 rings (SSSR count). The van der Waals surface area contributed by atoms with E-state index in [0.717, 1.165) is 55.7 Å². The zero-order valence-corrected chi connectivity index (χ0v) is 17.7. The van der Waals surface area contributed by atoms with E-state index in [1.165, 1.54) is 17.2 Å². The van der Waals surface area contributed by atoms with Crippen LogP contribution in [-0.2, 0) is 6.54 Å². The Kier molecular flexibility index (Phi) is 5.68. The Morgan fingerprint density at radius 3 is 2.44 bits per heavy atom. The van der Waals surface area contributed by atoms with E-state index in [9.17, 15) is 8.78 Å². The molecule has 7 heteroatoms. The topological polar surface area (TPSA) is 59.5 Å². The zero-order valence-electron chi connectivity index (χ0n) is 17.7. The first-order chi connectivity index (χ1) is 15.6. The highest BCUT2D eigenvalue weighted by Gasteiger charge is 2.23. The average Bonchev–Trinajstić information content (AvgIpc) is 3.26. The van der Waals surface area contributed by atoms with Crippen molar-refractivity contribution in [2.24, 2.45) is 5.73 Å². The quantitative estimate of drug-likeness (QED) is 0.506. The molecular weight excluding hydrogens is 408 g/mol. The predicted octanol–water partition coefficient (Wildman–Crippen LogP) is 4.44. The first-order valence-corrected chi connectivity index (χ1v) is 10.9. The van der Waals surface area contributed by atoms with Gasteiger partial charge >= 0.3 is 0 Å². The van der Waals surface area contributed by atoms with Gasteiger partial charge in [0.1, 0.15) is 0 Å². The second-order valence-electron chi connectivity index (χ2n) is 8.44. The number of hydrogen-bond acceptors (Lipinski definition) is 4. The Balaban J connectivity index is 1.20. The molecule has 0 bridgehead atoms. The van der Waals surface area contributed by atoms with E-state index in [4.69, 9.17) is 5.73 Å². The van der Waals surface area contributed by atoms with E-state index in [-0.39, 0.29) is 0 Å². The van der Waals surface area contributed by atoms with E-state index < -0.39 is 17.7 Å². The maximum absolute atomic E-state index is 13.5. The van der Waals surface area contributed by atoms with Gasteiger partial charge in [-0.05, 0) is 72.8 Å². The molecule has 1 fully saturated rings. The highest BCUT2D eigenvalue weighted by Crippen LogP contribution is 2.31. The van der Waals surface area contributed by atoms with Gasteiger partial charge in [-0.15, -0.1) is 0 Å². The third kappa shape index (κ3) is 4.13. The fourth-order valence-electron chi connectivity index (χ4n) is 4.55. The fraction of sp³-hybridized carbons (Fsp3) is 0.280. The van der Waals surface area contributed by atoms with Gasteiger partial charge in [-0.2, -0.15) is 14.8 Å². The van der Waals surface area contributed by atoms with Crippen molar-refractivity contribution in [2.45, 2.75) is 31.3 Å². The van der Waals surface area contributed by atoms with Crippen LogP contribution in [0.1, 0.15) is 47.1 Å². The van der Waals surface area contributed by atoms with Crippen LogP contribution in [-0.4, -0.2) is 32.8 Å². The van der Waals surface area contributed by atoms with Crippen molar-refractivity contribution in [1.29, 1.82) is 0 Å². The average molecular weight is 434 g/mol. The van der Waals surface area contributed by atoms with Crippen LogP contribution in [0.3, 0.4) is 0 Å². The molecule has 32 heavy (non-hydrogen) atoms. The lowest BCUT2D eigenvalue weighted by Gasteiger charge is -2.31. The molecule has 1 unspecified atom stereocenters. The summed E-state index contributed by atoms with van der Waals surface area (Å²) in [6.07, 6.45) is 5.89. The third-order valence-electron chi connectivity index (χ3n) is 6.41. The smallest absolute Gasteiger partial charge is 0.159 e. The molecule has 2 aromatic heterocycles. The maximum Gasteiger partial charge on any atom is 0.159 e. The molecule has 0 amide bonds. The van der Waals surface area contributed by atoms with Crippen molar-refractivity contribution >= 4 is 5.52 Å². The van der Waals surface area contributed by atoms with Gasteiger partial charge in [-0.25, -0.2) is 8.78 Å². The van der Waals surface area contributed by atoms with Crippen molar-refractivity contribution in [2.75, 3.05) is 13.1 Å². The Bertz CT molecular complexity index is 1210. The number of likely N-dealkylation sites (tertiary alicyclic amines) is 1. The fourth-order valence-corrected chi connectivity index (χ4v) is 4.55. The minimum atomic E-state index is -0.877. The molecule has 1 atom stereocenters. The summed E-state index contributed by atoms with van der Waals surface area (Å²) in [5.74, 6) is -1.24. The summed E-state index contributed by atoms with van der Waals surface area (Å²) in [5.41, 5.74) is 11.3. The normalized spacial score (nSPS) is 16.5. The lowest BCUT2D eigenvalue weighted by molar-refractivity contribution is 0.205. The zero-order chi connectivity index (χ0) is 22.1. The summed E-state index contributed by atoms with van der Waals surface area (Å²) < 4.78 is 28.4. The van der Waals surface area contributed by atoms with Gasteiger partial charge in [0.05, 0.1) is 17.8 Å². The summed E-state index contributed by atoms with van der Waals surface area (Å²) in [6.45, 7) is 2.93. The number of nitrogens with zero attached hydrogens (tertiary/aromatic N) is 4. The number of nitrogens with two attached hydrogens (primary N) is 1. The minimum absolute atomic E-state index is 0.491. The van der Waals surface area contributed by atoms with E-state index in [0.29, 0.717) is 11.5 Å². The van der Waals surface area contributed by atoms with Gasteiger partial charge < -0.3 is 5.73 Å². The standard InChI is InChI=1S/C25H25F2N5/c26-22-8-7-20(14-23(22)27)25(28)19-5-3-17(4-6-19)16-31-12-9-18(10-13-31)21-15-30-32-24(21)2-1-11-29-32/h1-8,11,14-15,18,25H,9-10,12-13,16,28H2.